The maximum Gasteiger partial charge on any atom is 0.228 e. The molecule has 0 aromatic heterocycles. The highest BCUT2D eigenvalue weighted by Crippen LogP contribution is 2.33. The molecule has 2 saturated heterocycles. The number of likely N-dealkylation sites (tertiary alicyclic amines) is 1. The van der Waals surface area contributed by atoms with Gasteiger partial charge in [-0.05, 0) is 61.5 Å². The first kappa shape index (κ1) is 22.9. The van der Waals surface area contributed by atoms with E-state index in [1.54, 1.807) is 12.1 Å². The minimum atomic E-state index is -0.268. The minimum absolute atomic E-state index is 0.0444. The molecule has 2 fully saturated rings. The van der Waals surface area contributed by atoms with Gasteiger partial charge in [-0.3, -0.25) is 4.79 Å². The van der Waals surface area contributed by atoms with E-state index < -0.39 is 0 Å². The van der Waals surface area contributed by atoms with E-state index >= 15 is 0 Å². The normalized spacial score (nSPS) is 19.5. The smallest absolute Gasteiger partial charge is 0.228 e. The lowest BCUT2D eigenvalue weighted by Crippen LogP contribution is -2.41. The number of nitrogens with one attached hydrogen (secondary N) is 1. The van der Waals surface area contributed by atoms with E-state index in [4.69, 9.17) is 9.47 Å². The molecule has 2 heterocycles. The predicted molar refractivity (Wildman–Crippen MR) is 122 cm³/mol. The van der Waals surface area contributed by atoms with Crippen molar-refractivity contribution < 1.29 is 18.7 Å². The van der Waals surface area contributed by atoms with Gasteiger partial charge < -0.3 is 19.7 Å². The maximum absolute atomic E-state index is 13.3. The van der Waals surface area contributed by atoms with Gasteiger partial charge in [0, 0.05) is 19.5 Å². The fourth-order valence-electron chi connectivity index (χ4n) is 4.70. The molecular weight excluding hydrogens is 407 g/mol. The molecule has 5 nitrogen and oxygen atoms in total. The summed E-state index contributed by atoms with van der Waals surface area (Å²) < 4.78 is 24.5. The highest BCUT2D eigenvalue weighted by atomic mass is 19.1. The van der Waals surface area contributed by atoms with Crippen LogP contribution in [0.15, 0.2) is 54.6 Å². The van der Waals surface area contributed by atoms with Crippen molar-refractivity contribution in [2.45, 2.75) is 44.4 Å². The zero-order chi connectivity index (χ0) is 22.2. The van der Waals surface area contributed by atoms with Crippen molar-refractivity contribution in [3.05, 3.63) is 71.5 Å². The number of carbonyl (C=O) groups excluding carboxylic acids is 1. The third-order valence-corrected chi connectivity index (χ3v) is 6.50. The molecule has 1 unspecified atom stereocenters. The van der Waals surface area contributed by atoms with Crippen molar-refractivity contribution in [3.8, 4) is 0 Å². The zero-order valence-corrected chi connectivity index (χ0v) is 18.5. The van der Waals surface area contributed by atoms with Gasteiger partial charge >= 0.3 is 0 Å². The number of hydrogen-bond donors (Lipinski definition) is 1. The summed E-state index contributed by atoms with van der Waals surface area (Å²) in [6, 6.07) is 16.3. The van der Waals surface area contributed by atoms with Crippen LogP contribution in [0, 0.1) is 11.7 Å². The summed E-state index contributed by atoms with van der Waals surface area (Å²) >= 11 is 0. The fourth-order valence-corrected chi connectivity index (χ4v) is 4.70. The molecule has 4 rings (SSSR count). The van der Waals surface area contributed by atoms with Crippen LogP contribution in [0.3, 0.4) is 0 Å². The van der Waals surface area contributed by atoms with E-state index in [-0.39, 0.29) is 23.9 Å². The molecule has 0 bridgehead atoms. The van der Waals surface area contributed by atoms with Crippen LogP contribution in [0.4, 0.5) is 4.39 Å². The van der Waals surface area contributed by atoms with Crippen molar-refractivity contribution in [3.63, 3.8) is 0 Å². The number of nitrogens with zero attached hydrogens (tertiary/aromatic N) is 1. The summed E-state index contributed by atoms with van der Waals surface area (Å²) in [7, 11) is 0. The zero-order valence-electron chi connectivity index (χ0n) is 18.5. The molecule has 172 valence electrons. The molecule has 0 aliphatic carbocycles. The number of halogens is 1. The Labute approximate surface area is 189 Å². The Hall–Kier alpha value is -2.28. The predicted octanol–water partition coefficient (Wildman–Crippen LogP) is 4.09. The fraction of sp³-hybridized carbons (Fsp3) is 0.500. The van der Waals surface area contributed by atoms with Gasteiger partial charge in [0.2, 0.25) is 5.91 Å². The SMILES string of the molecule is O=C(NCc1ccc(F)cc1)C(c1ccccc1)C1CCN(CCC2OCCCO2)CC1. The van der Waals surface area contributed by atoms with E-state index in [2.05, 4.69) is 10.2 Å². The molecule has 0 radical (unpaired) electrons. The van der Waals surface area contributed by atoms with Gasteiger partial charge in [-0.1, -0.05) is 42.5 Å². The van der Waals surface area contributed by atoms with Gasteiger partial charge in [-0.15, -0.1) is 0 Å². The Bertz CT molecular complexity index is 832. The summed E-state index contributed by atoms with van der Waals surface area (Å²) in [5.74, 6) is -0.105. The van der Waals surface area contributed by atoms with Gasteiger partial charge in [0.05, 0.1) is 19.1 Å². The van der Waals surface area contributed by atoms with Gasteiger partial charge in [-0.2, -0.15) is 0 Å². The summed E-state index contributed by atoms with van der Waals surface area (Å²) in [6.07, 6.45) is 3.76. The van der Waals surface area contributed by atoms with Crippen molar-refractivity contribution in [2.75, 3.05) is 32.8 Å². The molecule has 2 aromatic rings. The molecule has 2 aromatic carbocycles. The molecule has 2 aliphatic heterocycles. The van der Waals surface area contributed by atoms with Gasteiger partial charge in [0.25, 0.3) is 0 Å². The highest BCUT2D eigenvalue weighted by Gasteiger charge is 2.32. The molecule has 0 spiro atoms. The van der Waals surface area contributed by atoms with Crippen molar-refractivity contribution in [2.24, 2.45) is 5.92 Å². The number of carbonyl (C=O) groups is 1. The largest absolute Gasteiger partial charge is 0.353 e. The Morgan fingerprint density at radius 1 is 1.03 bits per heavy atom. The van der Waals surface area contributed by atoms with E-state index in [1.807, 2.05) is 30.3 Å². The van der Waals surface area contributed by atoms with E-state index in [1.165, 1.54) is 12.1 Å². The topological polar surface area (TPSA) is 50.8 Å². The first-order valence-electron chi connectivity index (χ1n) is 11.7. The lowest BCUT2D eigenvalue weighted by Gasteiger charge is -2.36. The van der Waals surface area contributed by atoms with E-state index in [9.17, 15) is 9.18 Å². The molecule has 0 saturated carbocycles. The number of hydrogen-bond acceptors (Lipinski definition) is 4. The number of rotatable bonds is 8. The molecule has 32 heavy (non-hydrogen) atoms. The minimum Gasteiger partial charge on any atom is -0.353 e. The average molecular weight is 441 g/mol. The third-order valence-electron chi connectivity index (χ3n) is 6.50. The standard InChI is InChI=1S/C26H33FN2O3/c27-23-9-7-20(8-10-23)19-28-26(30)25(21-5-2-1-3-6-21)22-11-14-29(15-12-22)16-13-24-31-17-4-18-32-24/h1-3,5-10,22,24-25H,4,11-19H2,(H,28,30). The lowest BCUT2D eigenvalue weighted by atomic mass is 9.79. The molecule has 1 amide bonds. The van der Waals surface area contributed by atoms with Crippen LogP contribution >= 0.6 is 0 Å². The van der Waals surface area contributed by atoms with E-state index in [0.717, 1.165) is 69.7 Å². The summed E-state index contributed by atoms with van der Waals surface area (Å²) in [5, 5.41) is 3.09. The molecule has 1 atom stereocenters. The highest BCUT2D eigenvalue weighted by molar-refractivity contribution is 5.84. The van der Waals surface area contributed by atoms with Crippen LogP contribution in [0.1, 0.15) is 42.7 Å². The van der Waals surface area contributed by atoms with Crippen LogP contribution in [0.2, 0.25) is 0 Å². The van der Waals surface area contributed by atoms with Gasteiger partial charge in [0.1, 0.15) is 5.82 Å². The summed E-state index contributed by atoms with van der Waals surface area (Å²) in [6.45, 7) is 4.90. The van der Waals surface area contributed by atoms with E-state index in [0.29, 0.717) is 12.5 Å². The first-order chi connectivity index (χ1) is 15.7. The third kappa shape index (κ3) is 6.37. The molecular formula is C26H33FN2O3. The monoisotopic (exact) mass is 440 g/mol. The molecule has 6 heteroatoms. The average Bonchev–Trinajstić information content (AvgIpc) is 2.85. The van der Waals surface area contributed by atoms with Crippen molar-refractivity contribution in [1.29, 1.82) is 0 Å². The Balaban J connectivity index is 1.33. The second-order valence-corrected chi connectivity index (χ2v) is 8.73. The number of benzene rings is 2. The number of piperidine rings is 1. The van der Waals surface area contributed by atoms with Crippen LogP contribution < -0.4 is 5.32 Å². The first-order valence-corrected chi connectivity index (χ1v) is 11.7. The van der Waals surface area contributed by atoms with Crippen LogP contribution in [-0.4, -0.2) is 49.9 Å². The Morgan fingerprint density at radius 2 is 1.72 bits per heavy atom. The summed E-state index contributed by atoms with van der Waals surface area (Å²) in [4.78, 5) is 15.7. The molecule has 2 aliphatic rings. The quantitative estimate of drug-likeness (QED) is 0.672. The number of ether oxygens (including phenoxy) is 2. The molecule has 1 N–H and O–H groups in total. The van der Waals surface area contributed by atoms with Crippen LogP contribution in [0.5, 0.6) is 0 Å². The Kier molecular flexibility index (Phi) is 8.26. The van der Waals surface area contributed by atoms with Gasteiger partial charge in [-0.25, -0.2) is 4.39 Å². The van der Waals surface area contributed by atoms with Crippen LogP contribution in [-0.2, 0) is 20.8 Å². The Morgan fingerprint density at radius 3 is 2.41 bits per heavy atom. The second kappa shape index (κ2) is 11.5. The second-order valence-electron chi connectivity index (χ2n) is 8.73. The van der Waals surface area contributed by atoms with Crippen molar-refractivity contribution >= 4 is 5.91 Å². The van der Waals surface area contributed by atoms with Gasteiger partial charge in [0.15, 0.2) is 6.29 Å². The van der Waals surface area contributed by atoms with Crippen LogP contribution in [0.25, 0.3) is 0 Å². The number of amides is 1. The lowest BCUT2D eigenvalue weighted by molar-refractivity contribution is -0.182. The summed E-state index contributed by atoms with van der Waals surface area (Å²) in [5.41, 5.74) is 1.96. The van der Waals surface area contributed by atoms with Crippen molar-refractivity contribution in [1.82, 2.24) is 10.2 Å². The maximum atomic E-state index is 13.3.